The predicted molar refractivity (Wildman–Crippen MR) is 79.2 cm³/mol. The second-order valence-corrected chi connectivity index (χ2v) is 4.29. The molecule has 0 radical (unpaired) electrons. The molecule has 0 fully saturated rings. The minimum atomic E-state index is -0.339. The highest BCUT2D eigenvalue weighted by Crippen LogP contribution is 2.11. The lowest BCUT2D eigenvalue weighted by Gasteiger charge is -2.08. The maximum absolute atomic E-state index is 11.9. The zero-order chi connectivity index (χ0) is 15.2. The number of aromatic nitrogens is 2. The molecule has 7 nitrogen and oxygen atoms in total. The molecule has 21 heavy (non-hydrogen) atoms. The van der Waals surface area contributed by atoms with E-state index < -0.39 is 0 Å². The normalized spacial score (nSPS) is 10.1. The first-order valence-electron chi connectivity index (χ1n) is 6.43. The SMILES string of the molecule is CCOc1ccc(NC(=O)Cn2cc(N)ccc2=O)cn1. The second kappa shape index (κ2) is 6.56. The van der Waals surface area contributed by atoms with E-state index in [9.17, 15) is 9.59 Å². The van der Waals surface area contributed by atoms with Gasteiger partial charge in [0.2, 0.25) is 11.8 Å². The van der Waals surface area contributed by atoms with E-state index in [-0.39, 0.29) is 18.0 Å². The Balaban J connectivity index is 2.01. The van der Waals surface area contributed by atoms with Crippen molar-refractivity contribution in [1.82, 2.24) is 9.55 Å². The van der Waals surface area contributed by atoms with E-state index in [1.807, 2.05) is 6.92 Å². The average Bonchev–Trinajstić information content (AvgIpc) is 2.45. The van der Waals surface area contributed by atoms with E-state index in [1.165, 1.54) is 29.1 Å². The fraction of sp³-hybridized carbons (Fsp3) is 0.214. The van der Waals surface area contributed by atoms with Crippen LogP contribution in [-0.4, -0.2) is 22.1 Å². The molecule has 0 saturated carbocycles. The number of carbonyl (C=O) groups is 1. The molecule has 2 rings (SSSR count). The first-order chi connectivity index (χ1) is 10.1. The Morgan fingerprint density at radius 3 is 2.86 bits per heavy atom. The van der Waals surface area contributed by atoms with Crippen LogP contribution in [0.15, 0.2) is 41.5 Å². The molecule has 2 aromatic heterocycles. The third-order valence-corrected chi connectivity index (χ3v) is 2.63. The van der Waals surface area contributed by atoms with Gasteiger partial charge in [-0.1, -0.05) is 0 Å². The lowest BCUT2D eigenvalue weighted by atomic mass is 10.4. The van der Waals surface area contributed by atoms with Crippen LogP contribution in [0.4, 0.5) is 11.4 Å². The molecular formula is C14H16N4O3. The summed E-state index contributed by atoms with van der Waals surface area (Å²) in [5.74, 6) is 0.149. The molecule has 0 aromatic carbocycles. The Kier molecular flexibility index (Phi) is 4.55. The Labute approximate surface area is 121 Å². The Hall–Kier alpha value is -2.83. The molecule has 0 spiro atoms. The van der Waals surface area contributed by atoms with Crippen molar-refractivity contribution in [2.75, 3.05) is 17.7 Å². The van der Waals surface area contributed by atoms with E-state index in [1.54, 1.807) is 12.1 Å². The van der Waals surface area contributed by atoms with Crippen molar-refractivity contribution in [2.45, 2.75) is 13.5 Å². The molecule has 7 heteroatoms. The van der Waals surface area contributed by atoms with Crippen molar-refractivity contribution >= 4 is 17.3 Å². The molecule has 1 amide bonds. The number of hydrogen-bond acceptors (Lipinski definition) is 5. The summed E-state index contributed by atoms with van der Waals surface area (Å²) in [6.45, 7) is 2.27. The van der Waals surface area contributed by atoms with Crippen LogP contribution in [0.3, 0.4) is 0 Å². The summed E-state index contributed by atoms with van der Waals surface area (Å²) in [6, 6.07) is 6.15. The fourth-order valence-corrected chi connectivity index (χ4v) is 1.72. The summed E-state index contributed by atoms with van der Waals surface area (Å²) >= 11 is 0. The number of nitrogens with one attached hydrogen (secondary N) is 1. The number of nitrogens with two attached hydrogens (primary N) is 1. The van der Waals surface area contributed by atoms with Crippen molar-refractivity contribution in [1.29, 1.82) is 0 Å². The number of carbonyl (C=O) groups excluding carboxylic acids is 1. The summed E-state index contributed by atoms with van der Waals surface area (Å²) in [5.41, 5.74) is 6.25. The maximum Gasteiger partial charge on any atom is 0.251 e. The zero-order valence-electron chi connectivity index (χ0n) is 11.6. The summed E-state index contributed by atoms with van der Waals surface area (Å²) in [5, 5.41) is 2.65. The number of nitrogens with zero attached hydrogens (tertiary/aromatic N) is 2. The number of ether oxygens (including phenoxy) is 1. The Morgan fingerprint density at radius 2 is 2.19 bits per heavy atom. The number of anilines is 2. The maximum atomic E-state index is 11.9. The lowest BCUT2D eigenvalue weighted by Crippen LogP contribution is -2.27. The molecule has 0 aliphatic rings. The van der Waals surface area contributed by atoms with Crippen LogP contribution >= 0.6 is 0 Å². The monoisotopic (exact) mass is 288 g/mol. The van der Waals surface area contributed by atoms with Crippen LogP contribution in [0.5, 0.6) is 5.88 Å². The minimum Gasteiger partial charge on any atom is -0.478 e. The molecule has 2 heterocycles. The van der Waals surface area contributed by atoms with Gasteiger partial charge in [-0.2, -0.15) is 0 Å². The van der Waals surface area contributed by atoms with Crippen LogP contribution in [0.25, 0.3) is 0 Å². The van der Waals surface area contributed by atoms with E-state index in [2.05, 4.69) is 10.3 Å². The topological polar surface area (TPSA) is 99.2 Å². The predicted octanol–water partition coefficient (Wildman–Crippen LogP) is 0.863. The zero-order valence-corrected chi connectivity index (χ0v) is 11.6. The summed E-state index contributed by atoms with van der Waals surface area (Å²) in [7, 11) is 0. The Bertz CT molecular complexity index is 679. The van der Waals surface area contributed by atoms with Gasteiger partial charge >= 0.3 is 0 Å². The van der Waals surface area contributed by atoms with Crippen LogP contribution in [0, 0.1) is 0 Å². The van der Waals surface area contributed by atoms with Gasteiger partial charge in [0.15, 0.2) is 0 Å². The lowest BCUT2D eigenvalue weighted by molar-refractivity contribution is -0.116. The van der Waals surface area contributed by atoms with Gasteiger partial charge in [-0.05, 0) is 19.1 Å². The van der Waals surface area contributed by atoms with Gasteiger partial charge in [-0.3, -0.25) is 9.59 Å². The highest BCUT2D eigenvalue weighted by Gasteiger charge is 2.06. The highest BCUT2D eigenvalue weighted by atomic mass is 16.5. The molecule has 0 unspecified atom stereocenters. The number of rotatable bonds is 5. The van der Waals surface area contributed by atoms with E-state index in [0.29, 0.717) is 23.9 Å². The quantitative estimate of drug-likeness (QED) is 0.850. The van der Waals surface area contributed by atoms with Gasteiger partial charge < -0.3 is 20.4 Å². The fourth-order valence-electron chi connectivity index (χ4n) is 1.72. The van der Waals surface area contributed by atoms with Crippen molar-refractivity contribution in [3.63, 3.8) is 0 Å². The van der Waals surface area contributed by atoms with E-state index in [4.69, 9.17) is 10.5 Å². The molecule has 2 aromatic rings. The number of hydrogen-bond donors (Lipinski definition) is 2. The number of pyridine rings is 2. The van der Waals surface area contributed by atoms with E-state index >= 15 is 0 Å². The number of nitrogen functional groups attached to an aromatic ring is 1. The largest absolute Gasteiger partial charge is 0.478 e. The van der Waals surface area contributed by atoms with Crippen LogP contribution < -0.4 is 21.3 Å². The number of amides is 1. The molecule has 0 aliphatic carbocycles. The van der Waals surface area contributed by atoms with Gasteiger partial charge in [-0.25, -0.2) is 4.98 Å². The van der Waals surface area contributed by atoms with Crippen molar-refractivity contribution in [3.05, 3.63) is 47.0 Å². The van der Waals surface area contributed by atoms with Crippen LogP contribution in [0.1, 0.15) is 6.92 Å². The molecule has 0 aliphatic heterocycles. The van der Waals surface area contributed by atoms with Gasteiger partial charge in [-0.15, -0.1) is 0 Å². The third kappa shape index (κ3) is 4.07. The summed E-state index contributed by atoms with van der Waals surface area (Å²) in [4.78, 5) is 27.5. The van der Waals surface area contributed by atoms with Crippen molar-refractivity contribution in [3.8, 4) is 5.88 Å². The third-order valence-electron chi connectivity index (χ3n) is 2.63. The summed E-state index contributed by atoms with van der Waals surface area (Å²) in [6.07, 6.45) is 2.92. The van der Waals surface area contributed by atoms with Gasteiger partial charge in [0.25, 0.3) is 5.56 Å². The first-order valence-corrected chi connectivity index (χ1v) is 6.43. The van der Waals surface area contributed by atoms with Gasteiger partial charge in [0.05, 0.1) is 18.5 Å². The molecule has 0 atom stereocenters. The molecule has 3 N–H and O–H groups in total. The Morgan fingerprint density at radius 1 is 1.38 bits per heavy atom. The highest BCUT2D eigenvalue weighted by molar-refractivity contribution is 5.90. The molecule has 110 valence electrons. The average molecular weight is 288 g/mol. The smallest absolute Gasteiger partial charge is 0.251 e. The van der Waals surface area contributed by atoms with Crippen LogP contribution in [0.2, 0.25) is 0 Å². The molecule has 0 saturated heterocycles. The summed E-state index contributed by atoms with van der Waals surface area (Å²) < 4.78 is 6.45. The molecular weight excluding hydrogens is 272 g/mol. The van der Waals surface area contributed by atoms with Crippen LogP contribution in [-0.2, 0) is 11.3 Å². The van der Waals surface area contributed by atoms with Gasteiger partial charge in [0, 0.05) is 24.0 Å². The van der Waals surface area contributed by atoms with Crippen molar-refractivity contribution in [2.24, 2.45) is 0 Å². The standard InChI is InChI=1S/C14H16N4O3/c1-2-21-13-5-4-11(7-16-13)17-12(19)9-18-8-10(15)3-6-14(18)20/h3-8H,2,9,15H2,1H3,(H,17,19). The van der Waals surface area contributed by atoms with Crippen molar-refractivity contribution < 1.29 is 9.53 Å². The minimum absolute atomic E-state index is 0.114. The van der Waals surface area contributed by atoms with Gasteiger partial charge in [0.1, 0.15) is 6.54 Å². The molecule has 0 bridgehead atoms. The van der Waals surface area contributed by atoms with E-state index in [0.717, 1.165) is 0 Å². The first kappa shape index (κ1) is 14.6. The second-order valence-electron chi connectivity index (χ2n) is 4.29.